The molecule has 0 atom stereocenters. The molecule has 0 spiro atoms. The Morgan fingerprint density at radius 2 is 1.88 bits per heavy atom. The van der Waals surface area contributed by atoms with Gasteiger partial charge in [0.15, 0.2) is 0 Å². The molecule has 132 valence electrons. The summed E-state index contributed by atoms with van der Waals surface area (Å²) in [5, 5.41) is 3.30. The Bertz CT molecular complexity index is 692. The van der Waals surface area contributed by atoms with Gasteiger partial charge >= 0.3 is 0 Å². The molecule has 0 radical (unpaired) electrons. The lowest BCUT2D eigenvalue weighted by Gasteiger charge is -2.19. The van der Waals surface area contributed by atoms with Crippen molar-refractivity contribution in [1.29, 1.82) is 0 Å². The molecule has 0 aliphatic carbocycles. The molecule has 0 bridgehead atoms. The van der Waals surface area contributed by atoms with Gasteiger partial charge in [-0.3, -0.25) is 4.79 Å². The highest BCUT2D eigenvalue weighted by molar-refractivity contribution is 5.92. The topological polar surface area (TPSA) is 54.5 Å². The maximum atomic E-state index is 12.6. The van der Waals surface area contributed by atoms with E-state index in [4.69, 9.17) is 4.74 Å². The van der Waals surface area contributed by atoms with Gasteiger partial charge in [-0.1, -0.05) is 25.0 Å². The second-order valence-corrected chi connectivity index (χ2v) is 6.19. The van der Waals surface area contributed by atoms with Crippen LogP contribution in [-0.4, -0.2) is 35.5 Å². The quantitative estimate of drug-likeness (QED) is 0.885. The van der Waals surface area contributed by atoms with E-state index in [0.717, 1.165) is 43.1 Å². The minimum Gasteiger partial charge on any atom is -0.492 e. The molecule has 3 rings (SSSR count). The number of nitrogens with one attached hydrogen (secondary N) is 1. The normalized spacial score (nSPS) is 14.7. The number of hydrogen-bond acceptors (Lipinski definition) is 4. The van der Waals surface area contributed by atoms with Gasteiger partial charge in [-0.2, -0.15) is 0 Å². The number of para-hydroxylation sites is 2. The summed E-state index contributed by atoms with van der Waals surface area (Å²) >= 11 is 0. The number of pyridine rings is 1. The summed E-state index contributed by atoms with van der Waals surface area (Å²) in [6, 6.07) is 11.5. The number of likely N-dealkylation sites (tertiary alicyclic amines) is 1. The number of anilines is 2. The van der Waals surface area contributed by atoms with Crippen LogP contribution in [0.15, 0.2) is 42.6 Å². The Balaban J connectivity index is 1.69. The molecule has 1 N–H and O–H groups in total. The van der Waals surface area contributed by atoms with E-state index in [0.29, 0.717) is 12.3 Å². The van der Waals surface area contributed by atoms with Crippen molar-refractivity contribution in [3.05, 3.63) is 48.3 Å². The Labute approximate surface area is 149 Å². The van der Waals surface area contributed by atoms with Crippen LogP contribution >= 0.6 is 0 Å². The van der Waals surface area contributed by atoms with Crippen LogP contribution in [0.1, 0.15) is 43.1 Å². The highest BCUT2D eigenvalue weighted by Gasteiger charge is 2.18. The number of carbonyl (C=O) groups excluding carboxylic acids is 1. The molecule has 0 saturated carbocycles. The van der Waals surface area contributed by atoms with Gasteiger partial charge < -0.3 is 15.0 Å². The van der Waals surface area contributed by atoms with E-state index in [2.05, 4.69) is 10.3 Å². The fourth-order valence-electron chi connectivity index (χ4n) is 3.04. The third kappa shape index (κ3) is 4.50. The molecule has 1 aromatic carbocycles. The van der Waals surface area contributed by atoms with E-state index >= 15 is 0 Å². The Morgan fingerprint density at radius 3 is 2.56 bits per heavy atom. The first kappa shape index (κ1) is 17.3. The second kappa shape index (κ2) is 8.51. The van der Waals surface area contributed by atoms with E-state index in [1.54, 1.807) is 12.3 Å². The number of carbonyl (C=O) groups is 1. The molecule has 5 nitrogen and oxygen atoms in total. The number of ether oxygens (including phenoxy) is 1. The van der Waals surface area contributed by atoms with E-state index in [1.807, 2.05) is 42.2 Å². The predicted octanol–water partition coefficient (Wildman–Crippen LogP) is 4.24. The molecule has 1 saturated heterocycles. The van der Waals surface area contributed by atoms with Gasteiger partial charge in [-0.15, -0.1) is 0 Å². The second-order valence-electron chi connectivity index (χ2n) is 6.19. The minimum absolute atomic E-state index is 0.0307. The van der Waals surface area contributed by atoms with E-state index < -0.39 is 0 Å². The van der Waals surface area contributed by atoms with Crippen molar-refractivity contribution in [2.45, 2.75) is 32.6 Å². The van der Waals surface area contributed by atoms with Crippen LogP contribution in [0.3, 0.4) is 0 Å². The van der Waals surface area contributed by atoms with Gasteiger partial charge in [0, 0.05) is 13.1 Å². The van der Waals surface area contributed by atoms with Gasteiger partial charge in [0.25, 0.3) is 5.91 Å². The van der Waals surface area contributed by atoms with E-state index in [9.17, 15) is 4.79 Å². The van der Waals surface area contributed by atoms with Gasteiger partial charge in [0.2, 0.25) is 0 Å². The van der Waals surface area contributed by atoms with Gasteiger partial charge in [-0.25, -0.2) is 4.98 Å². The molecule has 1 amide bonds. The third-order valence-corrected chi connectivity index (χ3v) is 4.34. The first-order chi connectivity index (χ1) is 12.3. The first-order valence-electron chi connectivity index (χ1n) is 9.02. The fourth-order valence-corrected chi connectivity index (χ4v) is 3.04. The maximum absolute atomic E-state index is 12.6. The number of nitrogens with zero attached hydrogens (tertiary/aromatic N) is 2. The van der Waals surface area contributed by atoms with Crippen molar-refractivity contribution in [3.8, 4) is 5.75 Å². The summed E-state index contributed by atoms with van der Waals surface area (Å²) in [7, 11) is 0. The van der Waals surface area contributed by atoms with Gasteiger partial charge in [0.05, 0.1) is 24.2 Å². The van der Waals surface area contributed by atoms with Gasteiger partial charge in [-0.05, 0) is 44.0 Å². The van der Waals surface area contributed by atoms with Crippen molar-refractivity contribution in [1.82, 2.24) is 9.88 Å². The number of benzene rings is 1. The predicted molar refractivity (Wildman–Crippen MR) is 99.5 cm³/mol. The van der Waals surface area contributed by atoms with Crippen molar-refractivity contribution >= 4 is 17.3 Å². The summed E-state index contributed by atoms with van der Waals surface area (Å²) in [5.41, 5.74) is 2.22. The van der Waals surface area contributed by atoms with E-state index in [-0.39, 0.29) is 5.91 Å². The lowest BCUT2D eigenvalue weighted by atomic mass is 10.2. The summed E-state index contributed by atoms with van der Waals surface area (Å²) in [4.78, 5) is 18.9. The van der Waals surface area contributed by atoms with Crippen LogP contribution in [0.5, 0.6) is 5.75 Å². The molecule has 0 unspecified atom stereocenters. The standard InChI is InChI=1S/C20H25N3O2/c1-2-25-19-10-6-5-9-17(19)22-16-11-12-18(21-15-16)20(24)23-13-7-3-4-8-14-23/h5-6,9-12,15,22H,2-4,7-8,13-14H2,1H3. The number of aromatic nitrogens is 1. The maximum Gasteiger partial charge on any atom is 0.272 e. The SMILES string of the molecule is CCOc1ccccc1Nc1ccc(C(=O)N2CCCCCC2)nc1. The zero-order valence-electron chi connectivity index (χ0n) is 14.7. The Morgan fingerprint density at radius 1 is 1.12 bits per heavy atom. The summed E-state index contributed by atoms with van der Waals surface area (Å²) in [6.45, 7) is 4.24. The molecule has 2 heterocycles. The minimum atomic E-state index is 0.0307. The first-order valence-corrected chi connectivity index (χ1v) is 9.02. The molecule has 1 aliphatic rings. The molecular formula is C20H25N3O2. The van der Waals surface area contributed by atoms with Crippen LogP contribution in [0, 0.1) is 0 Å². The zero-order chi connectivity index (χ0) is 17.5. The molecule has 2 aromatic rings. The Kier molecular flexibility index (Phi) is 5.88. The van der Waals surface area contributed by atoms with Crippen LogP contribution in [-0.2, 0) is 0 Å². The van der Waals surface area contributed by atoms with Gasteiger partial charge in [0.1, 0.15) is 11.4 Å². The Hall–Kier alpha value is -2.56. The largest absolute Gasteiger partial charge is 0.492 e. The van der Waals surface area contributed by atoms with Crippen LogP contribution < -0.4 is 10.1 Å². The molecule has 5 heteroatoms. The fraction of sp³-hybridized carbons (Fsp3) is 0.400. The molecule has 25 heavy (non-hydrogen) atoms. The average Bonchev–Trinajstić information content (AvgIpc) is 2.93. The molecule has 1 aliphatic heterocycles. The van der Waals surface area contributed by atoms with Crippen molar-refractivity contribution in [3.63, 3.8) is 0 Å². The van der Waals surface area contributed by atoms with Crippen molar-refractivity contribution in [2.75, 3.05) is 25.0 Å². The lowest BCUT2D eigenvalue weighted by Crippen LogP contribution is -2.32. The molecule has 1 fully saturated rings. The average molecular weight is 339 g/mol. The number of hydrogen-bond donors (Lipinski definition) is 1. The number of amides is 1. The zero-order valence-corrected chi connectivity index (χ0v) is 14.7. The van der Waals surface area contributed by atoms with Crippen molar-refractivity contribution in [2.24, 2.45) is 0 Å². The highest BCUT2D eigenvalue weighted by atomic mass is 16.5. The third-order valence-electron chi connectivity index (χ3n) is 4.34. The highest BCUT2D eigenvalue weighted by Crippen LogP contribution is 2.27. The lowest BCUT2D eigenvalue weighted by molar-refractivity contribution is 0.0756. The van der Waals surface area contributed by atoms with E-state index in [1.165, 1.54) is 12.8 Å². The molecular weight excluding hydrogens is 314 g/mol. The number of rotatable bonds is 5. The van der Waals surface area contributed by atoms with Crippen LogP contribution in [0.2, 0.25) is 0 Å². The molecule has 1 aromatic heterocycles. The summed E-state index contributed by atoms with van der Waals surface area (Å²) in [6.07, 6.45) is 6.28. The smallest absolute Gasteiger partial charge is 0.272 e. The summed E-state index contributed by atoms with van der Waals surface area (Å²) in [5.74, 6) is 0.831. The summed E-state index contributed by atoms with van der Waals surface area (Å²) < 4.78 is 5.62. The monoisotopic (exact) mass is 339 g/mol. The van der Waals surface area contributed by atoms with Crippen LogP contribution in [0.25, 0.3) is 0 Å². The van der Waals surface area contributed by atoms with Crippen molar-refractivity contribution < 1.29 is 9.53 Å². The van der Waals surface area contributed by atoms with Crippen LogP contribution in [0.4, 0.5) is 11.4 Å².